The van der Waals surface area contributed by atoms with Crippen LogP contribution >= 0.6 is 0 Å². The van der Waals surface area contributed by atoms with Crippen molar-refractivity contribution in [3.8, 4) is 6.07 Å². The quantitative estimate of drug-likeness (QED) is 0.885. The maximum Gasteiger partial charge on any atom is 0.238 e. The van der Waals surface area contributed by atoms with Gasteiger partial charge in [-0.2, -0.15) is 5.26 Å². The third kappa shape index (κ3) is 3.33. The molecule has 2 atom stereocenters. The van der Waals surface area contributed by atoms with E-state index in [9.17, 15) is 4.79 Å². The Morgan fingerprint density at radius 1 is 1.42 bits per heavy atom. The molecule has 1 aromatic carbocycles. The molecule has 2 rings (SSSR count). The monoisotopic (exact) mass is 257 g/mol. The summed E-state index contributed by atoms with van der Waals surface area (Å²) in [5.41, 5.74) is 1.26. The number of rotatable bonds is 4. The van der Waals surface area contributed by atoms with Crippen LogP contribution in [-0.2, 0) is 11.2 Å². The number of carbonyl (C=O) groups excluding carboxylic acids is 1. The predicted molar refractivity (Wildman–Crippen MR) is 73.3 cm³/mol. The Labute approximate surface area is 114 Å². The first kappa shape index (κ1) is 13.6. The van der Waals surface area contributed by atoms with Crippen LogP contribution in [0.25, 0.3) is 0 Å². The van der Waals surface area contributed by atoms with Crippen molar-refractivity contribution in [3.05, 3.63) is 35.9 Å². The molecule has 0 aromatic heterocycles. The van der Waals surface area contributed by atoms with Gasteiger partial charge in [-0.05, 0) is 18.9 Å². The highest BCUT2D eigenvalue weighted by atomic mass is 16.2. The van der Waals surface area contributed by atoms with Gasteiger partial charge in [-0.25, -0.2) is 0 Å². The van der Waals surface area contributed by atoms with E-state index in [1.807, 2.05) is 18.2 Å². The summed E-state index contributed by atoms with van der Waals surface area (Å²) in [5.74, 6) is -0.0206. The summed E-state index contributed by atoms with van der Waals surface area (Å²) >= 11 is 0. The molecule has 1 aliphatic heterocycles. The zero-order valence-corrected chi connectivity index (χ0v) is 11.2. The van der Waals surface area contributed by atoms with Crippen LogP contribution in [0.2, 0.25) is 0 Å². The largest absolute Gasteiger partial charge is 0.353 e. The molecule has 0 bridgehead atoms. The van der Waals surface area contributed by atoms with Crippen LogP contribution in [0.1, 0.15) is 18.9 Å². The second-order valence-electron chi connectivity index (χ2n) is 4.95. The molecule has 1 saturated heterocycles. The van der Waals surface area contributed by atoms with E-state index in [0.717, 1.165) is 13.0 Å². The molecule has 0 spiro atoms. The highest BCUT2D eigenvalue weighted by Gasteiger charge is 2.33. The van der Waals surface area contributed by atoms with E-state index in [1.54, 1.807) is 0 Å². The average molecular weight is 257 g/mol. The minimum Gasteiger partial charge on any atom is -0.353 e. The smallest absolute Gasteiger partial charge is 0.238 e. The number of carbonyl (C=O) groups is 1. The number of nitrogens with zero attached hydrogens (tertiary/aromatic N) is 2. The summed E-state index contributed by atoms with van der Waals surface area (Å²) < 4.78 is 0. The fraction of sp³-hybridized carbons (Fsp3) is 0.467. The minimum atomic E-state index is -0.308. The van der Waals surface area contributed by atoms with Crippen molar-refractivity contribution in [2.24, 2.45) is 0 Å². The molecule has 1 aromatic rings. The fourth-order valence-electron chi connectivity index (χ4n) is 2.52. The van der Waals surface area contributed by atoms with Crippen LogP contribution in [0.5, 0.6) is 0 Å². The van der Waals surface area contributed by atoms with E-state index in [0.29, 0.717) is 6.54 Å². The maximum absolute atomic E-state index is 11.8. The number of piperazine rings is 1. The van der Waals surface area contributed by atoms with E-state index in [4.69, 9.17) is 5.26 Å². The summed E-state index contributed by atoms with van der Waals surface area (Å²) in [6, 6.07) is 12.3. The van der Waals surface area contributed by atoms with Crippen molar-refractivity contribution in [3.63, 3.8) is 0 Å². The summed E-state index contributed by atoms with van der Waals surface area (Å²) in [6.07, 6.45) is 1.16. The Hall–Kier alpha value is -1.86. The molecule has 100 valence electrons. The number of hydrogen-bond acceptors (Lipinski definition) is 3. The normalized spacial score (nSPS) is 23.7. The van der Waals surface area contributed by atoms with Gasteiger partial charge in [0.2, 0.25) is 5.91 Å². The topological polar surface area (TPSA) is 56.1 Å². The van der Waals surface area contributed by atoms with Crippen molar-refractivity contribution in [1.82, 2.24) is 10.2 Å². The molecule has 1 fully saturated rings. The zero-order valence-electron chi connectivity index (χ0n) is 11.2. The van der Waals surface area contributed by atoms with Gasteiger partial charge in [0.05, 0.1) is 12.5 Å². The first-order valence-corrected chi connectivity index (χ1v) is 6.66. The SMILES string of the molecule is CC1CNC(=O)C(CC#N)N1CCc1ccccc1. The molecule has 2 unspecified atom stereocenters. The third-order valence-electron chi connectivity index (χ3n) is 3.63. The second kappa shape index (κ2) is 6.35. The molecule has 4 heteroatoms. The van der Waals surface area contributed by atoms with Gasteiger partial charge in [0.25, 0.3) is 0 Å². The Morgan fingerprint density at radius 3 is 2.84 bits per heavy atom. The first-order valence-electron chi connectivity index (χ1n) is 6.66. The molecule has 1 amide bonds. The van der Waals surface area contributed by atoms with Crippen molar-refractivity contribution in [2.45, 2.75) is 31.8 Å². The van der Waals surface area contributed by atoms with Gasteiger partial charge < -0.3 is 5.32 Å². The van der Waals surface area contributed by atoms with Gasteiger partial charge in [-0.1, -0.05) is 30.3 Å². The zero-order chi connectivity index (χ0) is 13.7. The van der Waals surface area contributed by atoms with E-state index < -0.39 is 0 Å². The molecule has 4 nitrogen and oxygen atoms in total. The van der Waals surface area contributed by atoms with Crippen LogP contribution in [0.3, 0.4) is 0 Å². The van der Waals surface area contributed by atoms with Crippen molar-refractivity contribution in [1.29, 1.82) is 5.26 Å². The third-order valence-corrected chi connectivity index (χ3v) is 3.63. The lowest BCUT2D eigenvalue weighted by atomic mass is 10.0. The Kier molecular flexibility index (Phi) is 4.53. The van der Waals surface area contributed by atoms with Crippen molar-refractivity contribution < 1.29 is 4.79 Å². The van der Waals surface area contributed by atoms with Gasteiger partial charge >= 0.3 is 0 Å². The van der Waals surface area contributed by atoms with Crippen LogP contribution in [-0.4, -0.2) is 36.0 Å². The van der Waals surface area contributed by atoms with Gasteiger partial charge in [0.15, 0.2) is 0 Å². The minimum absolute atomic E-state index is 0.0206. The first-order chi connectivity index (χ1) is 9.22. The van der Waals surface area contributed by atoms with E-state index >= 15 is 0 Å². The lowest BCUT2D eigenvalue weighted by Crippen LogP contribution is -2.59. The van der Waals surface area contributed by atoms with Crippen LogP contribution in [0, 0.1) is 11.3 Å². The van der Waals surface area contributed by atoms with Crippen LogP contribution < -0.4 is 5.32 Å². The van der Waals surface area contributed by atoms with E-state index in [-0.39, 0.29) is 24.4 Å². The fourth-order valence-corrected chi connectivity index (χ4v) is 2.52. The molecule has 0 saturated carbocycles. The molecule has 1 N–H and O–H groups in total. The highest BCUT2D eigenvalue weighted by Crippen LogP contribution is 2.15. The maximum atomic E-state index is 11.8. The Balaban J connectivity index is 2.02. The van der Waals surface area contributed by atoms with Gasteiger partial charge in [-0.15, -0.1) is 0 Å². The number of amides is 1. The summed E-state index contributed by atoms with van der Waals surface area (Å²) in [5, 5.41) is 11.7. The van der Waals surface area contributed by atoms with Gasteiger partial charge in [0, 0.05) is 19.1 Å². The standard InChI is InChI=1S/C15H19N3O/c1-12-11-17-15(19)14(7-9-16)18(12)10-8-13-5-3-2-4-6-13/h2-6,12,14H,7-8,10-11H2,1H3,(H,17,19). The molecular formula is C15H19N3O. The predicted octanol–water partition coefficient (Wildman–Crippen LogP) is 1.33. The summed E-state index contributed by atoms with van der Waals surface area (Å²) in [6.45, 7) is 3.56. The lowest BCUT2D eigenvalue weighted by molar-refractivity contribution is -0.130. The summed E-state index contributed by atoms with van der Waals surface area (Å²) in [4.78, 5) is 14.0. The number of nitriles is 1. The molecule has 1 heterocycles. The Morgan fingerprint density at radius 2 is 2.16 bits per heavy atom. The number of hydrogen-bond donors (Lipinski definition) is 1. The second-order valence-corrected chi connectivity index (χ2v) is 4.95. The highest BCUT2D eigenvalue weighted by molar-refractivity contribution is 5.82. The number of benzene rings is 1. The lowest BCUT2D eigenvalue weighted by Gasteiger charge is -2.39. The molecule has 0 radical (unpaired) electrons. The molecule has 0 aliphatic carbocycles. The van der Waals surface area contributed by atoms with Gasteiger partial charge in [0.1, 0.15) is 6.04 Å². The molecule has 19 heavy (non-hydrogen) atoms. The molecular weight excluding hydrogens is 238 g/mol. The van der Waals surface area contributed by atoms with E-state index in [2.05, 4.69) is 35.3 Å². The average Bonchev–Trinajstić information content (AvgIpc) is 2.43. The van der Waals surface area contributed by atoms with Crippen molar-refractivity contribution >= 4 is 5.91 Å². The van der Waals surface area contributed by atoms with Crippen molar-refractivity contribution in [2.75, 3.05) is 13.1 Å². The summed E-state index contributed by atoms with van der Waals surface area (Å²) in [7, 11) is 0. The molecule has 1 aliphatic rings. The Bertz CT molecular complexity index is 466. The van der Waals surface area contributed by atoms with E-state index in [1.165, 1.54) is 5.56 Å². The number of nitrogens with one attached hydrogen (secondary N) is 1. The van der Waals surface area contributed by atoms with Crippen LogP contribution in [0.15, 0.2) is 30.3 Å². The van der Waals surface area contributed by atoms with Gasteiger partial charge in [-0.3, -0.25) is 9.69 Å². The van der Waals surface area contributed by atoms with Crippen LogP contribution in [0.4, 0.5) is 0 Å².